The molecule has 0 bridgehead atoms. The van der Waals surface area contributed by atoms with Gasteiger partial charge < -0.3 is 14.2 Å². The molecule has 0 radical (unpaired) electrons. The number of hydrogen-bond acceptors (Lipinski definition) is 6. The normalized spacial score (nSPS) is 11.3. The highest BCUT2D eigenvalue weighted by atomic mass is 16.5. The molecular weight excluding hydrogens is 396 g/mol. The van der Waals surface area contributed by atoms with Gasteiger partial charge in [0, 0.05) is 12.5 Å². The van der Waals surface area contributed by atoms with Crippen LogP contribution >= 0.6 is 0 Å². The molecular formula is C25H22O6. The van der Waals surface area contributed by atoms with E-state index < -0.39 is 12.1 Å². The molecule has 0 saturated carbocycles. The molecule has 0 fully saturated rings. The molecule has 3 rings (SSSR count). The Hall–Kier alpha value is -3.93. The lowest BCUT2D eigenvalue weighted by Gasteiger charge is -2.13. The van der Waals surface area contributed by atoms with E-state index in [0.717, 1.165) is 11.1 Å². The lowest BCUT2D eigenvalue weighted by molar-refractivity contribution is -0.131. The molecule has 0 aliphatic heterocycles. The zero-order valence-corrected chi connectivity index (χ0v) is 17.5. The van der Waals surface area contributed by atoms with Crippen LogP contribution in [0.2, 0.25) is 0 Å². The molecule has 3 aromatic carbocycles. The number of ketones is 1. The molecule has 0 N–H and O–H groups in total. The molecule has 0 amide bonds. The SMILES string of the molecule is COc1ccc(C(=O)[C@@H](C)OC(=O)c2ccc(-c3ccc(OC(C)=O)cc3)cc2)cc1. The van der Waals surface area contributed by atoms with Gasteiger partial charge >= 0.3 is 11.9 Å². The van der Waals surface area contributed by atoms with E-state index in [1.54, 1.807) is 74.7 Å². The highest BCUT2D eigenvalue weighted by molar-refractivity contribution is 6.01. The third kappa shape index (κ3) is 5.57. The molecule has 0 aliphatic carbocycles. The zero-order valence-electron chi connectivity index (χ0n) is 17.5. The lowest BCUT2D eigenvalue weighted by Crippen LogP contribution is -2.24. The Morgan fingerprint density at radius 3 is 1.71 bits per heavy atom. The minimum atomic E-state index is -0.922. The summed E-state index contributed by atoms with van der Waals surface area (Å²) >= 11 is 0. The maximum absolute atomic E-state index is 12.5. The second-order valence-corrected chi connectivity index (χ2v) is 6.84. The zero-order chi connectivity index (χ0) is 22.4. The van der Waals surface area contributed by atoms with Gasteiger partial charge in [-0.1, -0.05) is 24.3 Å². The van der Waals surface area contributed by atoms with Crippen LogP contribution in [0, 0.1) is 0 Å². The molecule has 0 spiro atoms. The van der Waals surface area contributed by atoms with Gasteiger partial charge in [0.2, 0.25) is 5.78 Å². The largest absolute Gasteiger partial charge is 0.497 e. The van der Waals surface area contributed by atoms with Crippen LogP contribution in [0.3, 0.4) is 0 Å². The number of hydrogen-bond donors (Lipinski definition) is 0. The first kappa shape index (κ1) is 21.8. The first-order chi connectivity index (χ1) is 14.9. The Morgan fingerprint density at radius 2 is 1.19 bits per heavy atom. The fourth-order valence-corrected chi connectivity index (χ4v) is 2.95. The number of ether oxygens (including phenoxy) is 3. The van der Waals surface area contributed by atoms with Crippen molar-refractivity contribution in [3.05, 3.63) is 83.9 Å². The molecule has 158 valence electrons. The van der Waals surface area contributed by atoms with Crippen molar-refractivity contribution >= 4 is 17.7 Å². The van der Waals surface area contributed by atoms with E-state index in [0.29, 0.717) is 22.6 Å². The molecule has 0 unspecified atom stereocenters. The van der Waals surface area contributed by atoms with Gasteiger partial charge in [-0.2, -0.15) is 0 Å². The second kappa shape index (κ2) is 9.71. The topological polar surface area (TPSA) is 78.9 Å². The number of methoxy groups -OCH3 is 1. The van der Waals surface area contributed by atoms with E-state index in [9.17, 15) is 14.4 Å². The van der Waals surface area contributed by atoms with E-state index in [2.05, 4.69) is 0 Å². The van der Waals surface area contributed by atoms with Crippen molar-refractivity contribution in [1.29, 1.82) is 0 Å². The third-order valence-electron chi connectivity index (χ3n) is 4.60. The number of carbonyl (C=O) groups excluding carboxylic acids is 3. The van der Waals surface area contributed by atoms with Crippen molar-refractivity contribution in [1.82, 2.24) is 0 Å². The minimum absolute atomic E-state index is 0.291. The quantitative estimate of drug-likeness (QED) is 0.314. The van der Waals surface area contributed by atoms with Gasteiger partial charge in [0.25, 0.3) is 0 Å². The Bertz CT molecular complexity index is 1070. The van der Waals surface area contributed by atoms with E-state index in [4.69, 9.17) is 14.2 Å². The molecule has 1 atom stereocenters. The van der Waals surface area contributed by atoms with Gasteiger partial charge in [0.05, 0.1) is 12.7 Å². The summed E-state index contributed by atoms with van der Waals surface area (Å²) in [4.78, 5) is 35.9. The van der Waals surface area contributed by atoms with Crippen molar-refractivity contribution in [3.63, 3.8) is 0 Å². The minimum Gasteiger partial charge on any atom is -0.497 e. The molecule has 3 aromatic rings. The first-order valence-electron chi connectivity index (χ1n) is 9.65. The molecule has 0 aromatic heterocycles. The van der Waals surface area contributed by atoms with E-state index in [1.165, 1.54) is 6.92 Å². The number of Topliss-reactive ketones (excluding diaryl/α,β-unsaturated/α-hetero) is 1. The number of esters is 2. The summed E-state index contributed by atoms with van der Waals surface area (Å²) in [6, 6.07) is 20.5. The fourth-order valence-electron chi connectivity index (χ4n) is 2.95. The van der Waals surface area contributed by atoms with Crippen LogP contribution in [0.15, 0.2) is 72.8 Å². The van der Waals surface area contributed by atoms with Gasteiger partial charge in [-0.05, 0) is 66.6 Å². The van der Waals surface area contributed by atoms with Crippen molar-refractivity contribution < 1.29 is 28.6 Å². The average Bonchev–Trinajstić information content (AvgIpc) is 2.79. The van der Waals surface area contributed by atoms with E-state index >= 15 is 0 Å². The molecule has 0 saturated heterocycles. The van der Waals surface area contributed by atoms with Crippen LogP contribution in [0.1, 0.15) is 34.6 Å². The summed E-state index contributed by atoms with van der Waals surface area (Å²) in [5.74, 6) is -0.142. The summed E-state index contributed by atoms with van der Waals surface area (Å²) in [7, 11) is 1.55. The van der Waals surface area contributed by atoms with Crippen LogP contribution in [0.25, 0.3) is 11.1 Å². The van der Waals surface area contributed by atoms with E-state index in [1.807, 2.05) is 12.1 Å². The van der Waals surface area contributed by atoms with Crippen LogP contribution in [0.4, 0.5) is 0 Å². The predicted molar refractivity (Wildman–Crippen MR) is 115 cm³/mol. The summed E-state index contributed by atoms with van der Waals surface area (Å²) in [6.45, 7) is 2.89. The summed E-state index contributed by atoms with van der Waals surface area (Å²) in [5, 5.41) is 0. The smallest absolute Gasteiger partial charge is 0.338 e. The van der Waals surface area contributed by atoms with Crippen molar-refractivity contribution in [2.24, 2.45) is 0 Å². The van der Waals surface area contributed by atoms with Crippen molar-refractivity contribution in [2.75, 3.05) is 7.11 Å². The van der Waals surface area contributed by atoms with Gasteiger partial charge in [-0.15, -0.1) is 0 Å². The van der Waals surface area contributed by atoms with Crippen LogP contribution < -0.4 is 9.47 Å². The Kier molecular flexibility index (Phi) is 6.82. The average molecular weight is 418 g/mol. The van der Waals surface area contributed by atoms with Gasteiger partial charge in [0.1, 0.15) is 11.5 Å². The lowest BCUT2D eigenvalue weighted by atomic mass is 10.0. The predicted octanol–water partition coefficient (Wildman–Crippen LogP) is 4.72. The number of benzene rings is 3. The first-order valence-corrected chi connectivity index (χ1v) is 9.65. The maximum Gasteiger partial charge on any atom is 0.338 e. The maximum atomic E-state index is 12.5. The second-order valence-electron chi connectivity index (χ2n) is 6.84. The Labute approximate surface area is 180 Å². The Balaban J connectivity index is 1.64. The van der Waals surface area contributed by atoms with Crippen LogP contribution in [-0.4, -0.2) is 30.9 Å². The molecule has 31 heavy (non-hydrogen) atoms. The molecule has 6 heteroatoms. The highest BCUT2D eigenvalue weighted by Crippen LogP contribution is 2.23. The fraction of sp³-hybridized carbons (Fsp3) is 0.160. The van der Waals surface area contributed by atoms with Gasteiger partial charge in [0.15, 0.2) is 6.10 Å². The summed E-state index contributed by atoms with van der Waals surface area (Å²) in [5.41, 5.74) is 2.57. The number of carbonyl (C=O) groups is 3. The molecule has 0 heterocycles. The van der Waals surface area contributed by atoms with Crippen LogP contribution in [0.5, 0.6) is 11.5 Å². The Morgan fingerprint density at radius 1 is 0.710 bits per heavy atom. The number of rotatable bonds is 7. The molecule has 6 nitrogen and oxygen atoms in total. The monoisotopic (exact) mass is 418 g/mol. The third-order valence-corrected chi connectivity index (χ3v) is 4.60. The standard InChI is InChI=1S/C25H22O6/c1-16(24(27)20-10-12-22(29-3)13-11-20)30-25(28)21-6-4-18(5-7-21)19-8-14-23(15-9-19)31-17(2)26/h4-16H,1-3H3/t16-/m1/s1. The van der Waals surface area contributed by atoms with Crippen molar-refractivity contribution in [2.45, 2.75) is 20.0 Å². The van der Waals surface area contributed by atoms with Gasteiger partial charge in [-0.25, -0.2) is 4.79 Å². The van der Waals surface area contributed by atoms with E-state index in [-0.39, 0.29) is 11.8 Å². The summed E-state index contributed by atoms with van der Waals surface area (Å²) < 4.78 is 15.4. The van der Waals surface area contributed by atoms with Crippen LogP contribution in [-0.2, 0) is 9.53 Å². The molecule has 0 aliphatic rings. The van der Waals surface area contributed by atoms with Gasteiger partial charge in [-0.3, -0.25) is 9.59 Å². The summed E-state index contributed by atoms with van der Waals surface area (Å²) in [6.07, 6.45) is -0.922. The highest BCUT2D eigenvalue weighted by Gasteiger charge is 2.20. The van der Waals surface area contributed by atoms with Crippen molar-refractivity contribution in [3.8, 4) is 22.6 Å².